The summed E-state index contributed by atoms with van der Waals surface area (Å²) in [5, 5.41) is 12.4. The zero-order chi connectivity index (χ0) is 26.4. The SMILES string of the molecule is Cc1ccc(NC(=O)[C@@H](OC(=O)c2ccccc2Cl)[C@@H](OC(=O)c2ccccc2Cl)C(=O)O)cc1C. The minimum absolute atomic E-state index is 0.0100. The Labute approximate surface area is 216 Å². The second-order valence-corrected chi connectivity index (χ2v) is 8.55. The van der Waals surface area contributed by atoms with E-state index in [1.54, 1.807) is 30.3 Å². The van der Waals surface area contributed by atoms with E-state index < -0.39 is 36.0 Å². The molecule has 0 radical (unpaired) electrons. The number of carboxylic acid groups (broad SMARTS) is 1. The Morgan fingerprint density at radius 1 is 0.750 bits per heavy atom. The van der Waals surface area contributed by atoms with Crippen molar-refractivity contribution in [1.82, 2.24) is 0 Å². The normalized spacial score (nSPS) is 12.2. The number of ether oxygens (including phenoxy) is 2. The number of carbonyl (C=O) groups excluding carboxylic acids is 3. The van der Waals surface area contributed by atoms with E-state index in [1.807, 2.05) is 13.8 Å². The molecule has 8 nitrogen and oxygen atoms in total. The van der Waals surface area contributed by atoms with Crippen molar-refractivity contribution in [2.45, 2.75) is 26.1 Å². The summed E-state index contributed by atoms with van der Waals surface area (Å²) in [6.45, 7) is 3.70. The summed E-state index contributed by atoms with van der Waals surface area (Å²) in [6.07, 6.45) is -4.27. The zero-order valence-corrected chi connectivity index (χ0v) is 20.7. The Balaban J connectivity index is 1.95. The van der Waals surface area contributed by atoms with Crippen LogP contribution in [0.15, 0.2) is 66.7 Å². The summed E-state index contributed by atoms with van der Waals surface area (Å²) in [6, 6.07) is 16.7. The predicted molar refractivity (Wildman–Crippen MR) is 133 cm³/mol. The van der Waals surface area contributed by atoms with E-state index in [-0.39, 0.29) is 21.2 Å². The van der Waals surface area contributed by atoms with Gasteiger partial charge < -0.3 is 19.9 Å². The van der Waals surface area contributed by atoms with Crippen molar-refractivity contribution < 1.29 is 33.8 Å². The molecule has 0 fully saturated rings. The summed E-state index contributed by atoms with van der Waals surface area (Å²) in [4.78, 5) is 50.8. The van der Waals surface area contributed by atoms with Crippen LogP contribution in [0.25, 0.3) is 0 Å². The van der Waals surface area contributed by atoms with Crippen LogP contribution in [0.2, 0.25) is 10.0 Å². The number of esters is 2. The first-order chi connectivity index (χ1) is 17.1. The van der Waals surface area contributed by atoms with E-state index in [0.717, 1.165) is 11.1 Å². The van der Waals surface area contributed by atoms with Gasteiger partial charge >= 0.3 is 17.9 Å². The van der Waals surface area contributed by atoms with Crippen molar-refractivity contribution in [3.05, 3.63) is 99.0 Å². The molecular weight excluding hydrogens is 509 g/mol. The van der Waals surface area contributed by atoms with Crippen molar-refractivity contribution in [2.24, 2.45) is 0 Å². The highest BCUT2D eigenvalue weighted by Crippen LogP contribution is 2.22. The number of amides is 1. The van der Waals surface area contributed by atoms with Gasteiger partial charge in [-0.05, 0) is 61.4 Å². The van der Waals surface area contributed by atoms with Crippen molar-refractivity contribution in [3.8, 4) is 0 Å². The van der Waals surface area contributed by atoms with Crippen molar-refractivity contribution in [1.29, 1.82) is 0 Å². The molecule has 0 spiro atoms. The number of hydrogen-bond donors (Lipinski definition) is 2. The molecule has 2 N–H and O–H groups in total. The fraction of sp³-hybridized carbons (Fsp3) is 0.154. The van der Waals surface area contributed by atoms with Crippen LogP contribution >= 0.6 is 23.2 Å². The van der Waals surface area contributed by atoms with Gasteiger partial charge in [-0.3, -0.25) is 4.79 Å². The lowest BCUT2D eigenvalue weighted by Crippen LogP contribution is -2.48. The number of hydrogen-bond acceptors (Lipinski definition) is 6. The third-order valence-electron chi connectivity index (χ3n) is 5.21. The Kier molecular flexibility index (Phi) is 8.68. The molecule has 0 saturated heterocycles. The van der Waals surface area contributed by atoms with Gasteiger partial charge in [-0.25, -0.2) is 14.4 Å². The molecule has 3 aromatic rings. The number of halogens is 2. The lowest BCUT2D eigenvalue weighted by molar-refractivity contribution is -0.157. The van der Waals surface area contributed by atoms with Crippen LogP contribution in [0.5, 0.6) is 0 Å². The molecule has 1 amide bonds. The van der Waals surface area contributed by atoms with E-state index >= 15 is 0 Å². The molecule has 0 heterocycles. The molecule has 0 aliphatic rings. The molecule has 0 bridgehead atoms. The van der Waals surface area contributed by atoms with Gasteiger partial charge in [0.05, 0.1) is 21.2 Å². The second kappa shape index (κ2) is 11.7. The Hall–Kier alpha value is -3.88. The highest BCUT2D eigenvalue weighted by Gasteiger charge is 2.41. The summed E-state index contributed by atoms with van der Waals surface area (Å²) in [7, 11) is 0. The van der Waals surface area contributed by atoms with Gasteiger partial charge in [-0.1, -0.05) is 53.5 Å². The number of aliphatic carboxylic acids is 1. The Morgan fingerprint density at radius 2 is 1.25 bits per heavy atom. The standard InChI is InChI=1S/C26H21Cl2NO7/c1-14-11-12-16(13-15(14)2)29-23(30)21(35-25(33)17-7-3-5-9-19(17)27)22(24(31)32)36-26(34)18-8-4-6-10-20(18)28/h3-13,21-22H,1-2H3,(H,29,30)(H,31,32)/t21-,22+/m0/s1. The van der Waals surface area contributed by atoms with Gasteiger partial charge in [-0.2, -0.15) is 0 Å². The highest BCUT2D eigenvalue weighted by molar-refractivity contribution is 6.34. The van der Waals surface area contributed by atoms with Gasteiger partial charge in [0.15, 0.2) is 0 Å². The topological polar surface area (TPSA) is 119 Å². The van der Waals surface area contributed by atoms with Crippen LogP contribution < -0.4 is 5.32 Å². The average Bonchev–Trinajstić information content (AvgIpc) is 2.83. The van der Waals surface area contributed by atoms with Gasteiger partial charge in [0.1, 0.15) is 0 Å². The number of anilines is 1. The molecule has 186 valence electrons. The van der Waals surface area contributed by atoms with Crippen LogP contribution in [0.3, 0.4) is 0 Å². The van der Waals surface area contributed by atoms with E-state index in [4.69, 9.17) is 32.7 Å². The number of rotatable bonds is 8. The molecule has 0 aliphatic heterocycles. The van der Waals surface area contributed by atoms with Crippen molar-refractivity contribution >= 4 is 52.7 Å². The molecule has 3 rings (SSSR count). The van der Waals surface area contributed by atoms with Crippen LogP contribution in [0.1, 0.15) is 31.8 Å². The van der Waals surface area contributed by atoms with Gasteiger partial charge in [-0.15, -0.1) is 0 Å². The van der Waals surface area contributed by atoms with E-state index in [1.165, 1.54) is 36.4 Å². The third kappa shape index (κ3) is 6.41. The van der Waals surface area contributed by atoms with Crippen molar-refractivity contribution in [2.75, 3.05) is 5.32 Å². The molecule has 0 aromatic heterocycles. The van der Waals surface area contributed by atoms with Gasteiger partial charge in [0.2, 0.25) is 12.2 Å². The first kappa shape index (κ1) is 26.7. The van der Waals surface area contributed by atoms with Crippen molar-refractivity contribution in [3.63, 3.8) is 0 Å². The molecular formula is C26H21Cl2NO7. The largest absolute Gasteiger partial charge is 0.478 e. The van der Waals surface area contributed by atoms with Crippen LogP contribution in [-0.2, 0) is 19.1 Å². The number of nitrogens with one attached hydrogen (secondary N) is 1. The zero-order valence-electron chi connectivity index (χ0n) is 19.2. The Morgan fingerprint density at radius 3 is 1.72 bits per heavy atom. The maximum absolute atomic E-state index is 13.2. The number of benzene rings is 3. The Bertz CT molecular complexity index is 1330. The molecule has 0 saturated carbocycles. The van der Waals surface area contributed by atoms with Crippen LogP contribution in [0.4, 0.5) is 5.69 Å². The number of aryl methyl sites for hydroxylation is 2. The number of carboxylic acids is 1. The predicted octanol–water partition coefficient (Wildman–Crippen LogP) is 5.08. The fourth-order valence-corrected chi connectivity index (χ4v) is 3.56. The summed E-state index contributed by atoms with van der Waals surface area (Å²) in [5.74, 6) is -4.95. The fourth-order valence-electron chi connectivity index (χ4n) is 3.14. The van der Waals surface area contributed by atoms with Gasteiger partial charge in [0, 0.05) is 5.69 Å². The molecule has 3 aromatic carbocycles. The first-order valence-corrected chi connectivity index (χ1v) is 11.4. The average molecular weight is 530 g/mol. The maximum atomic E-state index is 13.2. The van der Waals surface area contributed by atoms with E-state index in [9.17, 15) is 24.3 Å². The quantitative estimate of drug-likeness (QED) is 0.390. The minimum Gasteiger partial charge on any atom is -0.478 e. The van der Waals surface area contributed by atoms with Gasteiger partial charge in [0.25, 0.3) is 5.91 Å². The summed E-state index contributed by atoms with van der Waals surface area (Å²) in [5.41, 5.74) is 1.91. The minimum atomic E-state index is -2.20. The lowest BCUT2D eigenvalue weighted by Gasteiger charge is -2.24. The molecule has 0 unspecified atom stereocenters. The molecule has 0 aliphatic carbocycles. The van der Waals surface area contributed by atoms with Crippen LogP contribution in [0, 0.1) is 13.8 Å². The van der Waals surface area contributed by atoms with Crippen LogP contribution in [-0.4, -0.2) is 41.1 Å². The molecule has 2 atom stereocenters. The second-order valence-electron chi connectivity index (χ2n) is 7.74. The summed E-state index contributed by atoms with van der Waals surface area (Å²) < 4.78 is 10.4. The smallest absolute Gasteiger partial charge is 0.349 e. The van der Waals surface area contributed by atoms with E-state index in [2.05, 4.69) is 5.32 Å². The molecule has 10 heteroatoms. The monoisotopic (exact) mass is 529 g/mol. The lowest BCUT2D eigenvalue weighted by atomic mass is 10.1. The number of carbonyl (C=O) groups is 4. The molecule has 36 heavy (non-hydrogen) atoms. The maximum Gasteiger partial charge on any atom is 0.349 e. The third-order valence-corrected chi connectivity index (χ3v) is 5.87. The first-order valence-electron chi connectivity index (χ1n) is 10.6. The summed E-state index contributed by atoms with van der Waals surface area (Å²) >= 11 is 12.1. The van der Waals surface area contributed by atoms with E-state index in [0.29, 0.717) is 5.69 Å². The highest BCUT2D eigenvalue weighted by atomic mass is 35.5.